The first kappa shape index (κ1) is 18.6. The van der Waals surface area contributed by atoms with E-state index in [0.717, 1.165) is 20.1 Å². The Morgan fingerprint density at radius 2 is 1.92 bits per heavy atom. The summed E-state index contributed by atoms with van der Waals surface area (Å²) in [7, 11) is 2.83. The molecule has 0 atom stereocenters. The summed E-state index contributed by atoms with van der Waals surface area (Å²) in [6, 6.07) is 6.49. The Balaban J connectivity index is 2.23. The maximum Gasteiger partial charge on any atom is 0.342 e. The molecule has 136 valence electrons. The summed E-state index contributed by atoms with van der Waals surface area (Å²) in [6.07, 6.45) is 0. The van der Waals surface area contributed by atoms with Gasteiger partial charge in [-0.1, -0.05) is 0 Å². The van der Waals surface area contributed by atoms with E-state index in [-0.39, 0.29) is 18.0 Å². The highest BCUT2D eigenvalue weighted by molar-refractivity contribution is 14.1. The third kappa shape index (κ3) is 3.02. The highest BCUT2D eigenvalue weighted by Crippen LogP contribution is 2.38. The Labute approximate surface area is 162 Å². The Kier molecular flexibility index (Phi) is 4.87. The first-order valence-electron chi connectivity index (χ1n) is 7.66. The minimum Gasteiger partial charge on any atom is -0.440 e. The second kappa shape index (κ2) is 6.82. The van der Waals surface area contributed by atoms with E-state index in [4.69, 9.17) is 4.74 Å². The molecule has 0 spiro atoms. The number of cyclic esters (lactones) is 1. The molecule has 3 rings (SSSR count). The van der Waals surface area contributed by atoms with Gasteiger partial charge in [-0.05, 0) is 59.3 Å². The first-order valence-corrected chi connectivity index (χ1v) is 8.74. The Morgan fingerprint density at radius 1 is 1.23 bits per heavy atom. The molecule has 1 aliphatic heterocycles. The number of carbonyl (C=O) groups is 2. The van der Waals surface area contributed by atoms with Gasteiger partial charge < -0.3 is 14.5 Å². The summed E-state index contributed by atoms with van der Waals surface area (Å²) in [5.41, 5.74) is 0.485. The number of ether oxygens (including phenoxy) is 1. The van der Waals surface area contributed by atoms with Crippen molar-refractivity contribution in [2.75, 3.05) is 25.7 Å². The van der Waals surface area contributed by atoms with Crippen LogP contribution in [-0.2, 0) is 4.74 Å². The van der Waals surface area contributed by atoms with Gasteiger partial charge in [0, 0.05) is 23.4 Å². The number of aryl methyl sites for hydroxylation is 1. The van der Waals surface area contributed by atoms with Crippen LogP contribution in [0.5, 0.6) is 0 Å². The first-order chi connectivity index (χ1) is 12.2. The van der Waals surface area contributed by atoms with Crippen LogP contribution in [0.3, 0.4) is 0 Å². The van der Waals surface area contributed by atoms with Gasteiger partial charge in [-0.25, -0.2) is 13.6 Å². The molecule has 26 heavy (non-hydrogen) atoms. The van der Waals surface area contributed by atoms with E-state index < -0.39 is 29.1 Å². The number of benzene rings is 2. The van der Waals surface area contributed by atoms with E-state index in [0.29, 0.717) is 5.69 Å². The van der Waals surface area contributed by atoms with E-state index in [1.165, 1.54) is 19.0 Å². The topological polar surface area (TPSA) is 49.9 Å². The van der Waals surface area contributed by atoms with Crippen LogP contribution in [0.2, 0.25) is 0 Å². The summed E-state index contributed by atoms with van der Waals surface area (Å²) in [4.78, 5) is 26.8. The molecule has 0 saturated heterocycles. The average molecular weight is 472 g/mol. The van der Waals surface area contributed by atoms with Gasteiger partial charge in [0.2, 0.25) is 0 Å². The van der Waals surface area contributed by atoms with Gasteiger partial charge in [0.05, 0.1) is 16.8 Å². The van der Waals surface area contributed by atoms with E-state index in [1.807, 2.05) is 19.1 Å². The molecule has 8 heteroatoms. The van der Waals surface area contributed by atoms with Gasteiger partial charge in [0.15, 0.2) is 18.4 Å². The zero-order valence-electron chi connectivity index (χ0n) is 14.3. The minimum atomic E-state index is -1.29. The maximum absolute atomic E-state index is 14.9. The highest BCUT2D eigenvalue weighted by atomic mass is 127. The number of halogens is 3. The lowest BCUT2D eigenvalue weighted by atomic mass is 10.0. The summed E-state index contributed by atoms with van der Waals surface area (Å²) < 4.78 is 35.6. The molecule has 2 aromatic carbocycles. The fraction of sp³-hybridized carbons (Fsp3) is 0.222. The van der Waals surface area contributed by atoms with Crippen molar-refractivity contribution in [3.8, 4) is 0 Å². The summed E-state index contributed by atoms with van der Waals surface area (Å²) in [6.45, 7) is 1.58. The monoisotopic (exact) mass is 472 g/mol. The second-order valence-electron chi connectivity index (χ2n) is 6.07. The quantitative estimate of drug-likeness (QED) is 0.493. The number of amides is 1. The van der Waals surface area contributed by atoms with Crippen LogP contribution in [-0.4, -0.2) is 37.6 Å². The van der Waals surface area contributed by atoms with Crippen molar-refractivity contribution in [3.63, 3.8) is 0 Å². The van der Waals surface area contributed by atoms with Crippen molar-refractivity contribution in [1.29, 1.82) is 0 Å². The van der Waals surface area contributed by atoms with Crippen LogP contribution in [0.25, 0.3) is 0 Å². The fourth-order valence-electron chi connectivity index (χ4n) is 2.81. The largest absolute Gasteiger partial charge is 0.440 e. The number of anilines is 2. The molecule has 2 aromatic rings. The molecular formula is C18H15F2IN2O3. The number of esters is 1. The summed E-state index contributed by atoms with van der Waals surface area (Å²) in [5.74, 6) is -4.07. The van der Waals surface area contributed by atoms with Crippen molar-refractivity contribution in [3.05, 3.63) is 56.2 Å². The lowest BCUT2D eigenvalue weighted by Crippen LogP contribution is -2.33. The Morgan fingerprint density at radius 3 is 2.54 bits per heavy atom. The SMILES string of the molecule is Cc1cc(I)ccc1N1COC(=O)c2cc(C(=O)N(C)C)c(F)c(F)c21. The minimum absolute atomic E-state index is 0.182. The van der Waals surface area contributed by atoms with Crippen molar-refractivity contribution >= 4 is 45.8 Å². The van der Waals surface area contributed by atoms with Crippen molar-refractivity contribution in [1.82, 2.24) is 4.90 Å². The predicted molar refractivity (Wildman–Crippen MR) is 101 cm³/mol. The number of hydrogen-bond acceptors (Lipinski definition) is 4. The molecule has 1 heterocycles. The molecular weight excluding hydrogens is 457 g/mol. The third-order valence-corrected chi connectivity index (χ3v) is 4.75. The molecule has 0 aromatic heterocycles. The summed E-state index contributed by atoms with van der Waals surface area (Å²) in [5, 5.41) is 0. The lowest BCUT2D eigenvalue weighted by molar-refractivity contribution is 0.0491. The van der Waals surface area contributed by atoms with Gasteiger partial charge in [-0.2, -0.15) is 0 Å². The van der Waals surface area contributed by atoms with Gasteiger partial charge in [0.1, 0.15) is 0 Å². The van der Waals surface area contributed by atoms with Gasteiger partial charge in [0.25, 0.3) is 5.91 Å². The molecule has 0 fully saturated rings. The molecule has 5 nitrogen and oxygen atoms in total. The number of fused-ring (bicyclic) bond motifs is 1. The zero-order chi connectivity index (χ0) is 19.2. The van der Waals surface area contributed by atoms with Gasteiger partial charge in [-0.15, -0.1) is 0 Å². The van der Waals surface area contributed by atoms with E-state index in [1.54, 1.807) is 6.07 Å². The second-order valence-corrected chi connectivity index (χ2v) is 7.31. The number of nitrogens with zero attached hydrogens (tertiary/aromatic N) is 2. The Hall–Kier alpha value is -2.23. The standard InChI is InChI=1S/C18H15F2IN2O3/c1-9-6-10(21)4-5-13(9)23-8-26-18(25)12-7-11(17(24)22(2)3)14(19)15(20)16(12)23/h4-7H,8H2,1-3H3. The van der Waals surface area contributed by atoms with E-state index in [9.17, 15) is 18.4 Å². The molecule has 0 N–H and O–H groups in total. The van der Waals surface area contributed by atoms with E-state index >= 15 is 0 Å². The molecule has 1 amide bonds. The summed E-state index contributed by atoms with van der Waals surface area (Å²) >= 11 is 2.15. The van der Waals surface area contributed by atoms with Gasteiger partial charge in [-0.3, -0.25) is 4.79 Å². The average Bonchev–Trinajstić information content (AvgIpc) is 2.58. The van der Waals surface area contributed by atoms with Crippen molar-refractivity contribution in [2.24, 2.45) is 0 Å². The van der Waals surface area contributed by atoms with Gasteiger partial charge >= 0.3 is 5.97 Å². The van der Waals surface area contributed by atoms with Crippen LogP contribution in [0.4, 0.5) is 20.2 Å². The third-order valence-electron chi connectivity index (χ3n) is 4.08. The maximum atomic E-state index is 14.9. The molecule has 0 aliphatic carbocycles. The van der Waals surface area contributed by atoms with Crippen molar-refractivity contribution in [2.45, 2.75) is 6.92 Å². The molecule has 0 bridgehead atoms. The smallest absolute Gasteiger partial charge is 0.342 e. The van der Waals surface area contributed by atoms with Crippen LogP contribution in [0.15, 0.2) is 24.3 Å². The highest BCUT2D eigenvalue weighted by Gasteiger charge is 2.34. The molecule has 0 saturated carbocycles. The van der Waals surface area contributed by atoms with Crippen molar-refractivity contribution < 1.29 is 23.1 Å². The zero-order valence-corrected chi connectivity index (χ0v) is 16.4. The van der Waals surface area contributed by atoms with Crippen LogP contribution < -0.4 is 4.90 Å². The number of rotatable bonds is 2. The molecule has 1 aliphatic rings. The fourth-order valence-corrected chi connectivity index (χ4v) is 3.46. The number of carbonyl (C=O) groups excluding carboxylic acids is 2. The van der Waals surface area contributed by atoms with E-state index in [2.05, 4.69) is 22.6 Å². The lowest BCUT2D eigenvalue weighted by Gasteiger charge is -2.32. The molecule has 0 radical (unpaired) electrons. The molecule has 0 unspecified atom stereocenters. The van der Waals surface area contributed by atoms with Crippen LogP contribution in [0.1, 0.15) is 26.3 Å². The Bertz CT molecular complexity index is 931. The van der Waals surface area contributed by atoms with Crippen LogP contribution in [0, 0.1) is 22.1 Å². The number of hydrogen-bond donors (Lipinski definition) is 0. The normalized spacial score (nSPS) is 13.3. The predicted octanol–water partition coefficient (Wildman–Crippen LogP) is 3.85. The van der Waals surface area contributed by atoms with Crippen LogP contribution >= 0.6 is 22.6 Å².